The Bertz CT molecular complexity index is 530. The van der Waals surface area contributed by atoms with Gasteiger partial charge in [-0.3, -0.25) is 0 Å². The second-order valence-electron chi connectivity index (χ2n) is 4.48. The Labute approximate surface area is 109 Å². The molecule has 0 aliphatic carbocycles. The van der Waals surface area contributed by atoms with Crippen LogP contribution in [0.4, 0.5) is 0 Å². The van der Waals surface area contributed by atoms with E-state index in [4.69, 9.17) is 5.73 Å². The summed E-state index contributed by atoms with van der Waals surface area (Å²) in [7, 11) is 0. The predicted molar refractivity (Wildman–Crippen MR) is 71.7 cm³/mol. The largest absolute Gasteiger partial charge is 0.328 e. The van der Waals surface area contributed by atoms with Crippen LogP contribution in [0, 0.1) is 0 Å². The van der Waals surface area contributed by atoms with Crippen LogP contribution in [-0.2, 0) is 13.0 Å². The molecule has 1 unspecified atom stereocenters. The minimum Gasteiger partial charge on any atom is -0.328 e. The zero-order valence-electron chi connectivity index (χ0n) is 9.44. The third-order valence-electron chi connectivity index (χ3n) is 3.24. The van der Waals surface area contributed by atoms with Crippen molar-refractivity contribution in [2.24, 2.45) is 5.73 Å². The fourth-order valence-corrected chi connectivity index (χ4v) is 2.58. The van der Waals surface area contributed by atoms with Crippen LogP contribution in [0.1, 0.15) is 12.1 Å². The van der Waals surface area contributed by atoms with Gasteiger partial charge in [0.2, 0.25) is 0 Å². The smallest absolute Gasteiger partial charge is 0.140 e. The number of halogens is 1. The molecule has 0 radical (unpaired) electrons. The highest BCUT2D eigenvalue weighted by molar-refractivity contribution is 9.10. The molecule has 1 aliphatic heterocycles. The summed E-state index contributed by atoms with van der Waals surface area (Å²) in [5.41, 5.74) is 8.38. The molecule has 2 N–H and O–H groups in total. The average molecular weight is 292 g/mol. The van der Waals surface area contributed by atoms with E-state index in [1.807, 2.05) is 18.3 Å². The molecular formula is C13H14BrN3. The summed E-state index contributed by atoms with van der Waals surface area (Å²) in [6, 6.07) is 8.57. The number of imidazole rings is 1. The van der Waals surface area contributed by atoms with Gasteiger partial charge in [0, 0.05) is 40.9 Å². The van der Waals surface area contributed by atoms with E-state index in [-0.39, 0.29) is 6.04 Å². The fourth-order valence-electron chi connectivity index (χ4n) is 2.32. The number of hydrogen-bond donors (Lipinski definition) is 1. The molecule has 0 bridgehead atoms. The van der Waals surface area contributed by atoms with Gasteiger partial charge in [-0.2, -0.15) is 0 Å². The van der Waals surface area contributed by atoms with E-state index in [2.05, 4.69) is 37.6 Å². The molecule has 1 aromatic heterocycles. The summed E-state index contributed by atoms with van der Waals surface area (Å²) in [6.45, 7) is 0.974. The van der Waals surface area contributed by atoms with E-state index in [9.17, 15) is 0 Å². The van der Waals surface area contributed by atoms with Crippen molar-refractivity contribution in [2.75, 3.05) is 0 Å². The van der Waals surface area contributed by atoms with Crippen LogP contribution < -0.4 is 5.73 Å². The molecule has 1 aromatic carbocycles. The monoisotopic (exact) mass is 291 g/mol. The second kappa shape index (κ2) is 4.27. The van der Waals surface area contributed by atoms with Crippen molar-refractivity contribution in [1.82, 2.24) is 9.55 Å². The number of nitrogens with zero attached hydrogens (tertiary/aromatic N) is 2. The number of benzene rings is 1. The molecule has 0 saturated heterocycles. The van der Waals surface area contributed by atoms with Gasteiger partial charge >= 0.3 is 0 Å². The lowest BCUT2D eigenvalue weighted by Gasteiger charge is -2.21. The number of hydrogen-bond acceptors (Lipinski definition) is 2. The third-order valence-corrected chi connectivity index (χ3v) is 3.76. The molecule has 17 heavy (non-hydrogen) atoms. The lowest BCUT2D eigenvalue weighted by molar-refractivity contribution is 0.474. The van der Waals surface area contributed by atoms with Gasteiger partial charge in [0.15, 0.2) is 0 Å². The molecule has 0 fully saturated rings. The molecule has 0 spiro atoms. The first kappa shape index (κ1) is 11.0. The Morgan fingerprint density at radius 2 is 2.06 bits per heavy atom. The van der Waals surface area contributed by atoms with E-state index >= 15 is 0 Å². The van der Waals surface area contributed by atoms with Crippen molar-refractivity contribution in [3.8, 4) is 11.4 Å². The van der Waals surface area contributed by atoms with E-state index in [1.165, 1.54) is 5.69 Å². The maximum Gasteiger partial charge on any atom is 0.140 e. The predicted octanol–water partition coefficient (Wildman–Crippen LogP) is 2.59. The fraction of sp³-hybridized carbons (Fsp3) is 0.308. The second-order valence-corrected chi connectivity index (χ2v) is 5.40. The normalized spacial score (nSPS) is 19.1. The third kappa shape index (κ3) is 2.03. The quantitative estimate of drug-likeness (QED) is 0.878. The average Bonchev–Trinajstić information content (AvgIpc) is 2.73. The van der Waals surface area contributed by atoms with Crippen LogP contribution in [0.25, 0.3) is 11.4 Å². The van der Waals surface area contributed by atoms with Crippen molar-refractivity contribution in [1.29, 1.82) is 0 Å². The van der Waals surface area contributed by atoms with Gasteiger partial charge in [-0.15, -0.1) is 0 Å². The van der Waals surface area contributed by atoms with Crippen molar-refractivity contribution in [3.05, 3.63) is 40.6 Å². The topological polar surface area (TPSA) is 43.8 Å². The number of rotatable bonds is 1. The van der Waals surface area contributed by atoms with Crippen molar-refractivity contribution in [2.45, 2.75) is 25.4 Å². The first-order valence-electron chi connectivity index (χ1n) is 5.80. The van der Waals surface area contributed by atoms with E-state index in [1.54, 1.807) is 0 Å². The van der Waals surface area contributed by atoms with Gasteiger partial charge in [-0.1, -0.05) is 28.1 Å². The van der Waals surface area contributed by atoms with Gasteiger partial charge in [-0.05, 0) is 18.6 Å². The summed E-state index contributed by atoms with van der Waals surface area (Å²) in [4.78, 5) is 4.52. The molecule has 0 saturated carbocycles. The maximum atomic E-state index is 5.97. The van der Waals surface area contributed by atoms with Crippen LogP contribution >= 0.6 is 15.9 Å². The van der Waals surface area contributed by atoms with Gasteiger partial charge in [0.25, 0.3) is 0 Å². The molecule has 0 amide bonds. The van der Waals surface area contributed by atoms with Crippen molar-refractivity contribution >= 4 is 15.9 Å². The molecule has 2 aromatic rings. The van der Waals surface area contributed by atoms with Crippen molar-refractivity contribution < 1.29 is 0 Å². The van der Waals surface area contributed by atoms with Crippen LogP contribution in [0.15, 0.2) is 34.9 Å². The summed E-state index contributed by atoms with van der Waals surface area (Å²) in [5.74, 6) is 1.06. The SMILES string of the molecule is NC1CCn2c(cnc2-c2ccc(Br)cc2)C1. The molecular weight excluding hydrogens is 278 g/mol. The highest BCUT2D eigenvalue weighted by Crippen LogP contribution is 2.25. The summed E-state index contributed by atoms with van der Waals surface area (Å²) in [5, 5.41) is 0. The molecule has 88 valence electrons. The Morgan fingerprint density at radius 1 is 1.29 bits per heavy atom. The first-order chi connectivity index (χ1) is 8.24. The van der Waals surface area contributed by atoms with Crippen LogP contribution in [0.3, 0.4) is 0 Å². The molecule has 1 aliphatic rings. The van der Waals surface area contributed by atoms with E-state index in [0.717, 1.165) is 35.2 Å². The first-order valence-corrected chi connectivity index (χ1v) is 6.59. The highest BCUT2D eigenvalue weighted by Gasteiger charge is 2.19. The van der Waals surface area contributed by atoms with Crippen molar-refractivity contribution in [3.63, 3.8) is 0 Å². The van der Waals surface area contributed by atoms with Gasteiger partial charge < -0.3 is 10.3 Å². The van der Waals surface area contributed by atoms with Crippen LogP contribution in [-0.4, -0.2) is 15.6 Å². The zero-order chi connectivity index (χ0) is 11.8. The molecule has 1 atom stereocenters. The summed E-state index contributed by atoms with van der Waals surface area (Å²) >= 11 is 3.45. The summed E-state index contributed by atoms with van der Waals surface area (Å²) < 4.78 is 3.38. The molecule has 3 rings (SSSR count). The minimum absolute atomic E-state index is 0.289. The Kier molecular flexibility index (Phi) is 2.76. The van der Waals surface area contributed by atoms with Gasteiger partial charge in [0.1, 0.15) is 5.82 Å². The number of aromatic nitrogens is 2. The lowest BCUT2D eigenvalue weighted by Crippen LogP contribution is -2.30. The Hall–Kier alpha value is -1.13. The maximum absolute atomic E-state index is 5.97. The van der Waals surface area contributed by atoms with E-state index in [0.29, 0.717) is 0 Å². The lowest BCUT2D eigenvalue weighted by atomic mass is 10.1. The summed E-state index contributed by atoms with van der Waals surface area (Å²) in [6.07, 6.45) is 3.92. The molecule has 4 heteroatoms. The minimum atomic E-state index is 0.289. The van der Waals surface area contributed by atoms with Crippen LogP contribution in [0.5, 0.6) is 0 Å². The highest BCUT2D eigenvalue weighted by atomic mass is 79.9. The zero-order valence-corrected chi connectivity index (χ0v) is 11.0. The Balaban J connectivity index is 2.02. The van der Waals surface area contributed by atoms with Crippen LogP contribution in [0.2, 0.25) is 0 Å². The number of nitrogens with two attached hydrogens (primary N) is 1. The molecule has 2 heterocycles. The standard InChI is InChI=1S/C13H14BrN3/c14-10-3-1-9(2-4-10)13-16-8-12-7-11(15)5-6-17(12)13/h1-4,8,11H,5-7,15H2. The Morgan fingerprint density at radius 3 is 2.82 bits per heavy atom. The number of fused-ring (bicyclic) bond motifs is 1. The van der Waals surface area contributed by atoms with Gasteiger partial charge in [-0.25, -0.2) is 4.98 Å². The molecule has 3 nitrogen and oxygen atoms in total. The van der Waals surface area contributed by atoms with Gasteiger partial charge in [0.05, 0.1) is 0 Å². The van der Waals surface area contributed by atoms with E-state index < -0.39 is 0 Å².